The lowest BCUT2D eigenvalue weighted by atomic mass is 10.1. The second-order valence-corrected chi connectivity index (χ2v) is 11.2. The van der Waals surface area contributed by atoms with Crippen molar-refractivity contribution in [1.82, 2.24) is 4.72 Å². The summed E-state index contributed by atoms with van der Waals surface area (Å²) in [5.41, 5.74) is 3.28. The Labute approximate surface area is 186 Å². The molecule has 158 valence electrons. The van der Waals surface area contributed by atoms with Crippen LogP contribution in [0.2, 0.25) is 0 Å². The summed E-state index contributed by atoms with van der Waals surface area (Å²) in [5, 5.41) is 2.91. The fourth-order valence-electron chi connectivity index (χ4n) is 2.71. The maximum absolute atomic E-state index is 12.5. The lowest BCUT2D eigenvalue weighted by Gasteiger charge is -2.07. The maximum Gasteiger partial charge on any atom is 0.265 e. The van der Waals surface area contributed by atoms with Gasteiger partial charge in [-0.15, -0.1) is 11.3 Å². The Morgan fingerprint density at radius 2 is 1.67 bits per heavy atom. The number of amides is 1. The summed E-state index contributed by atoms with van der Waals surface area (Å²) in [6.45, 7) is 4.53. The van der Waals surface area contributed by atoms with Gasteiger partial charge in [0.1, 0.15) is 0 Å². The number of rotatable bonds is 8. The minimum absolute atomic E-state index is 0.170. The van der Waals surface area contributed by atoms with Gasteiger partial charge in [-0.25, -0.2) is 13.1 Å². The van der Waals surface area contributed by atoms with Gasteiger partial charge in [0.15, 0.2) is 0 Å². The highest BCUT2D eigenvalue weighted by Crippen LogP contribution is 2.30. The molecule has 0 spiro atoms. The summed E-state index contributed by atoms with van der Waals surface area (Å²) in [4.78, 5) is 16.3. The van der Waals surface area contributed by atoms with Gasteiger partial charge in [0, 0.05) is 26.9 Å². The SMILES string of the molecule is Cc1ccc(Sc2ccc(NC(=O)c3ccc(CCNS(C)(=O)=O)s3)cc2)cc1C. The molecule has 1 heterocycles. The lowest BCUT2D eigenvalue weighted by molar-refractivity contribution is 0.103. The van der Waals surface area contributed by atoms with E-state index in [9.17, 15) is 13.2 Å². The number of hydrogen-bond donors (Lipinski definition) is 2. The number of anilines is 1. The minimum Gasteiger partial charge on any atom is -0.321 e. The first-order valence-corrected chi connectivity index (χ1v) is 12.9. The maximum atomic E-state index is 12.5. The Hall–Kier alpha value is -2.13. The monoisotopic (exact) mass is 460 g/mol. The number of hydrogen-bond acceptors (Lipinski definition) is 5. The summed E-state index contributed by atoms with van der Waals surface area (Å²) in [7, 11) is -3.20. The van der Waals surface area contributed by atoms with Crippen molar-refractivity contribution in [3.63, 3.8) is 0 Å². The van der Waals surface area contributed by atoms with E-state index in [-0.39, 0.29) is 5.91 Å². The van der Waals surface area contributed by atoms with Crippen LogP contribution in [0.25, 0.3) is 0 Å². The number of aryl methyl sites for hydroxylation is 2. The molecule has 5 nitrogen and oxygen atoms in total. The second-order valence-electron chi connectivity index (χ2n) is 7.01. The average molecular weight is 461 g/mol. The van der Waals surface area contributed by atoms with Crippen LogP contribution in [0.1, 0.15) is 25.7 Å². The van der Waals surface area contributed by atoms with Crippen molar-refractivity contribution in [2.24, 2.45) is 0 Å². The van der Waals surface area contributed by atoms with Gasteiger partial charge >= 0.3 is 0 Å². The molecule has 0 aliphatic heterocycles. The fraction of sp³-hybridized carbons (Fsp3) is 0.227. The van der Waals surface area contributed by atoms with Gasteiger partial charge in [0.05, 0.1) is 11.1 Å². The lowest BCUT2D eigenvalue weighted by Crippen LogP contribution is -2.24. The molecule has 1 aromatic heterocycles. The molecule has 0 radical (unpaired) electrons. The highest BCUT2D eigenvalue weighted by atomic mass is 32.2. The van der Waals surface area contributed by atoms with Crippen LogP contribution in [0, 0.1) is 13.8 Å². The van der Waals surface area contributed by atoms with Crippen LogP contribution >= 0.6 is 23.1 Å². The van der Waals surface area contributed by atoms with Gasteiger partial charge in [0.25, 0.3) is 5.91 Å². The van der Waals surface area contributed by atoms with Crippen molar-refractivity contribution in [1.29, 1.82) is 0 Å². The zero-order chi connectivity index (χ0) is 21.7. The minimum atomic E-state index is -3.20. The van der Waals surface area contributed by atoms with Gasteiger partial charge in [0.2, 0.25) is 10.0 Å². The van der Waals surface area contributed by atoms with Crippen molar-refractivity contribution < 1.29 is 13.2 Å². The van der Waals surface area contributed by atoms with E-state index in [0.717, 1.165) is 21.7 Å². The van der Waals surface area contributed by atoms with Crippen LogP contribution in [-0.2, 0) is 16.4 Å². The summed E-state index contributed by atoms with van der Waals surface area (Å²) < 4.78 is 24.7. The topological polar surface area (TPSA) is 75.3 Å². The summed E-state index contributed by atoms with van der Waals surface area (Å²) in [6.07, 6.45) is 1.68. The molecule has 3 rings (SSSR count). The Bertz CT molecular complexity index is 1140. The first kappa shape index (κ1) is 22.6. The van der Waals surface area contributed by atoms with Crippen LogP contribution in [0.3, 0.4) is 0 Å². The summed E-state index contributed by atoms with van der Waals surface area (Å²) >= 11 is 3.05. The van der Waals surface area contributed by atoms with E-state index in [4.69, 9.17) is 0 Å². The largest absolute Gasteiger partial charge is 0.321 e. The second kappa shape index (κ2) is 9.78. The normalized spacial score (nSPS) is 11.4. The molecular formula is C22H24N2O3S3. The fourth-order valence-corrected chi connectivity index (χ4v) is 5.00. The van der Waals surface area contributed by atoms with Crippen LogP contribution in [0.5, 0.6) is 0 Å². The molecule has 0 unspecified atom stereocenters. The molecule has 2 aromatic carbocycles. The molecule has 0 aliphatic carbocycles. The predicted octanol–water partition coefficient (Wildman–Crippen LogP) is 4.86. The van der Waals surface area contributed by atoms with Crippen molar-refractivity contribution in [2.45, 2.75) is 30.1 Å². The summed E-state index contributed by atoms with van der Waals surface area (Å²) in [6, 6.07) is 17.8. The quantitative estimate of drug-likeness (QED) is 0.503. The van der Waals surface area contributed by atoms with E-state index in [1.807, 2.05) is 30.3 Å². The molecule has 30 heavy (non-hydrogen) atoms. The van der Waals surface area contributed by atoms with Crippen molar-refractivity contribution in [3.8, 4) is 0 Å². The van der Waals surface area contributed by atoms with E-state index in [2.05, 4.69) is 42.1 Å². The number of carbonyl (C=O) groups is 1. The smallest absolute Gasteiger partial charge is 0.265 e. The van der Waals surface area contributed by atoms with Crippen LogP contribution in [-0.4, -0.2) is 27.1 Å². The number of thiophene rings is 1. The van der Waals surface area contributed by atoms with E-state index >= 15 is 0 Å². The number of benzene rings is 2. The zero-order valence-electron chi connectivity index (χ0n) is 17.1. The van der Waals surface area contributed by atoms with E-state index < -0.39 is 10.0 Å². The highest BCUT2D eigenvalue weighted by Gasteiger charge is 2.10. The zero-order valence-corrected chi connectivity index (χ0v) is 19.5. The first-order chi connectivity index (χ1) is 14.2. The number of sulfonamides is 1. The Kier molecular flexibility index (Phi) is 7.36. The highest BCUT2D eigenvalue weighted by molar-refractivity contribution is 7.99. The van der Waals surface area contributed by atoms with E-state index in [1.165, 1.54) is 27.4 Å². The Morgan fingerprint density at radius 1 is 0.967 bits per heavy atom. The standard InChI is InChI=1S/C22H24N2O3S3/c1-15-4-7-20(14-16(15)2)28-18-8-5-17(6-9-18)24-22(25)21-11-10-19(29-21)12-13-23-30(3,26)27/h4-11,14,23H,12-13H2,1-3H3,(H,24,25). The molecule has 0 atom stereocenters. The van der Waals surface area contributed by atoms with Crippen molar-refractivity contribution in [2.75, 3.05) is 18.1 Å². The van der Waals surface area contributed by atoms with Crippen LogP contribution < -0.4 is 10.0 Å². The molecule has 0 saturated carbocycles. The van der Waals surface area contributed by atoms with Gasteiger partial charge in [-0.2, -0.15) is 0 Å². The molecule has 8 heteroatoms. The summed E-state index contributed by atoms with van der Waals surface area (Å²) in [5.74, 6) is -0.170. The van der Waals surface area contributed by atoms with Gasteiger partial charge in [-0.1, -0.05) is 17.8 Å². The molecular weight excluding hydrogens is 436 g/mol. The molecule has 0 bridgehead atoms. The molecule has 0 saturated heterocycles. The van der Waals surface area contributed by atoms with E-state index in [1.54, 1.807) is 17.8 Å². The van der Waals surface area contributed by atoms with Crippen molar-refractivity contribution in [3.05, 3.63) is 75.5 Å². The Balaban J connectivity index is 1.56. The molecule has 3 aromatic rings. The first-order valence-electron chi connectivity index (χ1n) is 9.39. The van der Waals surface area contributed by atoms with Gasteiger partial charge in [-0.3, -0.25) is 4.79 Å². The molecule has 2 N–H and O–H groups in total. The Morgan fingerprint density at radius 3 is 2.33 bits per heavy atom. The predicted molar refractivity (Wildman–Crippen MR) is 125 cm³/mol. The third kappa shape index (κ3) is 6.70. The third-order valence-corrected chi connectivity index (χ3v) is 7.32. The van der Waals surface area contributed by atoms with Crippen LogP contribution in [0.4, 0.5) is 5.69 Å². The third-order valence-electron chi connectivity index (χ3n) is 4.45. The molecule has 0 fully saturated rings. The molecule has 1 amide bonds. The van der Waals surface area contributed by atoms with Crippen molar-refractivity contribution >= 4 is 44.7 Å². The number of carbonyl (C=O) groups excluding carboxylic acids is 1. The van der Waals surface area contributed by atoms with Gasteiger partial charge in [-0.05, 0) is 79.9 Å². The van der Waals surface area contributed by atoms with E-state index in [0.29, 0.717) is 17.8 Å². The van der Waals surface area contributed by atoms with Crippen LogP contribution in [0.15, 0.2) is 64.4 Å². The number of nitrogens with one attached hydrogen (secondary N) is 2. The average Bonchev–Trinajstić information content (AvgIpc) is 3.14. The molecule has 0 aliphatic rings. The van der Waals surface area contributed by atoms with Gasteiger partial charge < -0.3 is 5.32 Å².